The van der Waals surface area contributed by atoms with E-state index in [1.807, 2.05) is 0 Å². The summed E-state index contributed by atoms with van der Waals surface area (Å²) >= 11 is 0. The number of nitrogens with one attached hydrogen (secondary N) is 1. The van der Waals surface area contributed by atoms with Gasteiger partial charge >= 0.3 is 0 Å². The highest BCUT2D eigenvalue weighted by Gasteiger charge is 2.20. The molecule has 5 nitrogen and oxygen atoms in total. The Labute approximate surface area is 91.5 Å². The molecule has 15 heavy (non-hydrogen) atoms. The first-order valence-electron chi connectivity index (χ1n) is 5.32. The molecule has 0 aromatic carbocycles. The normalized spacial score (nSPS) is 20.7. The van der Waals surface area contributed by atoms with Gasteiger partial charge in [0.1, 0.15) is 0 Å². The summed E-state index contributed by atoms with van der Waals surface area (Å²) in [5.41, 5.74) is 0. The van der Waals surface area contributed by atoms with E-state index in [1.54, 1.807) is 0 Å². The third kappa shape index (κ3) is 5.46. The van der Waals surface area contributed by atoms with Crippen LogP contribution in [0.5, 0.6) is 0 Å². The van der Waals surface area contributed by atoms with E-state index in [1.165, 1.54) is 6.26 Å². The predicted molar refractivity (Wildman–Crippen MR) is 59.1 cm³/mol. The molecule has 1 rings (SSSR count). The molecular formula is C9H20N2O3S. The lowest BCUT2D eigenvalue weighted by atomic mass is 10.1. The van der Waals surface area contributed by atoms with Crippen molar-refractivity contribution in [2.45, 2.75) is 25.3 Å². The van der Waals surface area contributed by atoms with E-state index in [9.17, 15) is 8.42 Å². The second-order valence-electron chi connectivity index (χ2n) is 4.08. The first-order chi connectivity index (χ1) is 7.01. The molecule has 6 heteroatoms. The van der Waals surface area contributed by atoms with Gasteiger partial charge in [-0.25, -0.2) is 13.1 Å². The van der Waals surface area contributed by atoms with Gasteiger partial charge in [0.15, 0.2) is 0 Å². The zero-order valence-corrected chi connectivity index (χ0v) is 9.96. The van der Waals surface area contributed by atoms with Crippen molar-refractivity contribution in [2.24, 2.45) is 0 Å². The van der Waals surface area contributed by atoms with Gasteiger partial charge in [0, 0.05) is 19.2 Å². The Bertz CT molecular complexity index is 271. The van der Waals surface area contributed by atoms with Crippen LogP contribution in [0.4, 0.5) is 0 Å². The lowest BCUT2D eigenvalue weighted by Gasteiger charge is -2.31. The fourth-order valence-electron chi connectivity index (χ4n) is 1.87. The van der Waals surface area contributed by atoms with Gasteiger partial charge in [-0.15, -0.1) is 0 Å². The van der Waals surface area contributed by atoms with Gasteiger partial charge in [-0.05, 0) is 32.4 Å². The smallest absolute Gasteiger partial charge is 0.208 e. The highest BCUT2D eigenvalue weighted by Crippen LogP contribution is 2.10. The summed E-state index contributed by atoms with van der Waals surface area (Å²) in [5.74, 6) is 0. The molecule has 0 amide bonds. The van der Waals surface area contributed by atoms with Crippen LogP contribution in [0.25, 0.3) is 0 Å². The Kier molecular flexibility index (Phi) is 4.98. The van der Waals surface area contributed by atoms with Crippen molar-refractivity contribution in [3.05, 3.63) is 0 Å². The van der Waals surface area contributed by atoms with Crippen LogP contribution in [0, 0.1) is 0 Å². The maximum atomic E-state index is 11.0. The first kappa shape index (κ1) is 12.9. The average molecular weight is 236 g/mol. The molecule has 2 N–H and O–H groups in total. The maximum absolute atomic E-state index is 11.0. The minimum atomic E-state index is -3.07. The number of nitrogens with zero attached hydrogens (tertiary/aromatic N) is 1. The summed E-state index contributed by atoms with van der Waals surface area (Å²) in [6.45, 7) is 2.95. The molecule has 0 bridgehead atoms. The van der Waals surface area contributed by atoms with E-state index >= 15 is 0 Å². The maximum Gasteiger partial charge on any atom is 0.208 e. The van der Waals surface area contributed by atoms with Crippen LogP contribution >= 0.6 is 0 Å². The Morgan fingerprint density at radius 3 is 2.47 bits per heavy atom. The molecule has 1 saturated heterocycles. The third-order valence-electron chi connectivity index (χ3n) is 2.60. The fourth-order valence-corrected chi connectivity index (χ4v) is 2.71. The van der Waals surface area contributed by atoms with Crippen LogP contribution in [-0.2, 0) is 10.0 Å². The SMILES string of the molecule is CS(=O)(=O)NC1CCN(CCCO)CC1. The van der Waals surface area contributed by atoms with Gasteiger partial charge in [-0.1, -0.05) is 0 Å². The third-order valence-corrected chi connectivity index (χ3v) is 3.36. The zero-order chi connectivity index (χ0) is 11.3. The summed E-state index contributed by atoms with van der Waals surface area (Å²) in [6.07, 6.45) is 3.71. The fraction of sp³-hybridized carbons (Fsp3) is 1.00. The van der Waals surface area contributed by atoms with Crippen LogP contribution < -0.4 is 4.72 Å². The van der Waals surface area contributed by atoms with Crippen LogP contribution in [0.3, 0.4) is 0 Å². The molecule has 1 heterocycles. The minimum absolute atomic E-state index is 0.0883. The van der Waals surface area contributed by atoms with E-state index < -0.39 is 10.0 Å². The van der Waals surface area contributed by atoms with Crippen molar-refractivity contribution in [3.63, 3.8) is 0 Å². The number of rotatable bonds is 5. The Hall–Kier alpha value is -0.170. The van der Waals surface area contributed by atoms with Gasteiger partial charge < -0.3 is 10.0 Å². The summed E-state index contributed by atoms with van der Waals surface area (Å²) in [6, 6.07) is 0.0883. The molecule has 1 fully saturated rings. The first-order valence-corrected chi connectivity index (χ1v) is 7.21. The highest BCUT2D eigenvalue weighted by molar-refractivity contribution is 7.88. The number of likely N-dealkylation sites (tertiary alicyclic amines) is 1. The van der Waals surface area contributed by atoms with E-state index in [0.29, 0.717) is 0 Å². The van der Waals surface area contributed by atoms with E-state index in [0.717, 1.165) is 38.9 Å². The number of hydrogen-bond acceptors (Lipinski definition) is 4. The number of piperidine rings is 1. The molecule has 0 aromatic rings. The van der Waals surface area contributed by atoms with Gasteiger partial charge in [0.05, 0.1) is 6.26 Å². The minimum Gasteiger partial charge on any atom is -0.396 e. The van der Waals surface area contributed by atoms with Gasteiger partial charge in [0.2, 0.25) is 10.0 Å². The van der Waals surface area contributed by atoms with Crippen molar-refractivity contribution >= 4 is 10.0 Å². The summed E-state index contributed by atoms with van der Waals surface area (Å²) in [7, 11) is -3.07. The number of aliphatic hydroxyl groups is 1. The summed E-state index contributed by atoms with van der Waals surface area (Å²) < 4.78 is 24.6. The molecule has 0 aliphatic carbocycles. The Morgan fingerprint density at radius 1 is 1.40 bits per heavy atom. The van der Waals surface area contributed by atoms with Crippen molar-refractivity contribution in [3.8, 4) is 0 Å². The number of aliphatic hydroxyl groups excluding tert-OH is 1. The van der Waals surface area contributed by atoms with Crippen LogP contribution in [0.1, 0.15) is 19.3 Å². The Morgan fingerprint density at radius 2 is 2.00 bits per heavy atom. The van der Waals surface area contributed by atoms with Crippen LogP contribution in [0.15, 0.2) is 0 Å². The van der Waals surface area contributed by atoms with Crippen molar-refractivity contribution in [1.82, 2.24) is 9.62 Å². The number of hydrogen-bond donors (Lipinski definition) is 2. The number of sulfonamides is 1. The molecule has 1 aliphatic rings. The van der Waals surface area contributed by atoms with Gasteiger partial charge in [-0.3, -0.25) is 0 Å². The van der Waals surface area contributed by atoms with Crippen LogP contribution in [-0.4, -0.2) is 57.0 Å². The standard InChI is InChI=1S/C9H20N2O3S/c1-15(13,14)10-9-3-6-11(7-4-9)5-2-8-12/h9-10,12H,2-8H2,1H3. The van der Waals surface area contributed by atoms with E-state index in [4.69, 9.17) is 5.11 Å². The van der Waals surface area contributed by atoms with Gasteiger partial charge in [0.25, 0.3) is 0 Å². The topological polar surface area (TPSA) is 69.6 Å². The molecule has 0 unspecified atom stereocenters. The van der Waals surface area contributed by atoms with Crippen molar-refractivity contribution in [2.75, 3.05) is 32.5 Å². The van der Waals surface area contributed by atoms with Crippen LogP contribution in [0.2, 0.25) is 0 Å². The van der Waals surface area contributed by atoms with Crippen molar-refractivity contribution < 1.29 is 13.5 Å². The Balaban J connectivity index is 2.24. The molecule has 0 saturated carbocycles. The largest absolute Gasteiger partial charge is 0.396 e. The molecule has 0 aromatic heterocycles. The lowest BCUT2D eigenvalue weighted by Crippen LogP contribution is -2.44. The molecule has 1 aliphatic heterocycles. The summed E-state index contributed by atoms with van der Waals surface area (Å²) in [4.78, 5) is 2.26. The molecule has 0 atom stereocenters. The molecular weight excluding hydrogens is 216 g/mol. The highest BCUT2D eigenvalue weighted by atomic mass is 32.2. The van der Waals surface area contributed by atoms with Crippen molar-refractivity contribution in [1.29, 1.82) is 0 Å². The molecule has 0 spiro atoms. The van der Waals surface area contributed by atoms with Gasteiger partial charge in [-0.2, -0.15) is 0 Å². The molecule has 90 valence electrons. The predicted octanol–water partition coefficient (Wildman–Crippen LogP) is -0.618. The molecule has 0 radical (unpaired) electrons. The lowest BCUT2D eigenvalue weighted by molar-refractivity contribution is 0.184. The second kappa shape index (κ2) is 5.79. The quantitative estimate of drug-likeness (QED) is 0.667. The van der Waals surface area contributed by atoms with E-state index in [-0.39, 0.29) is 12.6 Å². The van der Waals surface area contributed by atoms with E-state index in [2.05, 4.69) is 9.62 Å². The average Bonchev–Trinajstić information content (AvgIpc) is 2.14. The zero-order valence-electron chi connectivity index (χ0n) is 9.15. The summed E-state index contributed by atoms with van der Waals surface area (Å²) in [5, 5.41) is 8.68. The second-order valence-corrected chi connectivity index (χ2v) is 5.86. The monoisotopic (exact) mass is 236 g/mol.